The van der Waals surface area contributed by atoms with Gasteiger partial charge in [0.05, 0.1) is 0 Å². The third-order valence-corrected chi connectivity index (χ3v) is 4.58. The van der Waals surface area contributed by atoms with Crippen LogP contribution in [0.4, 0.5) is 4.79 Å². The van der Waals surface area contributed by atoms with Gasteiger partial charge in [0, 0.05) is 13.1 Å². The number of carboxylic acids is 1. The summed E-state index contributed by atoms with van der Waals surface area (Å²) in [5.41, 5.74) is -1.11. The predicted molar refractivity (Wildman–Crippen MR) is 71.9 cm³/mol. The summed E-state index contributed by atoms with van der Waals surface area (Å²) in [5, 5.41) is 12.1. The molecular formula is C14H24N2O3. The van der Waals surface area contributed by atoms with Gasteiger partial charge in [-0.15, -0.1) is 0 Å². The van der Waals surface area contributed by atoms with Crippen molar-refractivity contribution in [1.82, 2.24) is 10.2 Å². The van der Waals surface area contributed by atoms with E-state index in [0.29, 0.717) is 12.5 Å². The number of amides is 2. The molecule has 0 saturated heterocycles. The van der Waals surface area contributed by atoms with Crippen molar-refractivity contribution in [2.24, 2.45) is 11.8 Å². The van der Waals surface area contributed by atoms with Crippen LogP contribution in [0.15, 0.2) is 0 Å². The van der Waals surface area contributed by atoms with Crippen molar-refractivity contribution < 1.29 is 14.7 Å². The summed E-state index contributed by atoms with van der Waals surface area (Å²) in [6.07, 6.45) is 5.39. The van der Waals surface area contributed by atoms with E-state index in [4.69, 9.17) is 0 Å². The van der Waals surface area contributed by atoms with Gasteiger partial charge in [0.25, 0.3) is 0 Å². The standard InChI is InChI=1S/C14H24N2O3/c1-3-16(9-10-5-4-6-10)13(19)15-14(2,12(17)18)11-7-8-11/h10-11H,3-9H2,1-2H3,(H,15,19)(H,17,18). The summed E-state index contributed by atoms with van der Waals surface area (Å²) >= 11 is 0. The second kappa shape index (κ2) is 5.39. The molecular weight excluding hydrogens is 244 g/mol. The summed E-state index contributed by atoms with van der Waals surface area (Å²) < 4.78 is 0. The van der Waals surface area contributed by atoms with Gasteiger partial charge in [0.1, 0.15) is 5.54 Å². The lowest BCUT2D eigenvalue weighted by molar-refractivity contribution is -0.144. The molecule has 2 aliphatic carbocycles. The fraction of sp³-hybridized carbons (Fsp3) is 0.857. The molecule has 108 valence electrons. The monoisotopic (exact) mass is 268 g/mol. The van der Waals surface area contributed by atoms with Crippen LogP contribution in [0.3, 0.4) is 0 Å². The number of carbonyl (C=O) groups is 2. The highest BCUT2D eigenvalue weighted by atomic mass is 16.4. The summed E-state index contributed by atoms with van der Waals surface area (Å²) in [5.74, 6) is -0.248. The van der Waals surface area contributed by atoms with Crippen LogP contribution in [-0.4, -0.2) is 40.6 Å². The Hall–Kier alpha value is -1.26. The minimum atomic E-state index is -1.11. The molecule has 0 radical (unpaired) electrons. The van der Waals surface area contributed by atoms with Gasteiger partial charge in [0.2, 0.25) is 0 Å². The number of hydrogen-bond acceptors (Lipinski definition) is 2. The van der Waals surface area contributed by atoms with Crippen LogP contribution in [0.2, 0.25) is 0 Å². The first-order valence-electron chi connectivity index (χ1n) is 7.27. The first kappa shape index (κ1) is 14.2. The van der Waals surface area contributed by atoms with Crippen LogP contribution < -0.4 is 5.32 Å². The van der Waals surface area contributed by atoms with E-state index < -0.39 is 11.5 Å². The molecule has 2 amide bonds. The van der Waals surface area contributed by atoms with E-state index in [-0.39, 0.29) is 11.9 Å². The molecule has 1 atom stereocenters. The summed E-state index contributed by atoms with van der Waals surface area (Å²) in [4.78, 5) is 25.4. The Labute approximate surface area is 114 Å². The predicted octanol–water partition coefficient (Wildman–Crippen LogP) is 2.07. The van der Waals surface area contributed by atoms with Gasteiger partial charge in [-0.05, 0) is 51.4 Å². The number of hydrogen-bond donors (Lipinski definition) is 2. The first-order valence-corrected chi connectivity index (χ1v) is 7.27. The Balaban J connectivity index is 1.94. The van der Waals surface area contributed by atoms with Crippen molar-refractivity contribution in [3.8, 4) is 0 Å². The van der Waals surface area contributed by atoms with Crippen LogP contribution in [-0.2, 0) is 4.79 Å². The molecule has 2 rings (SSSR count). The lowest BCUT2D eigenvalue weighted by Gasteiger charge is -2.34. The third kappa shape index (κ3) is 3.01. The van der Waals surface area contributed by atoms with Crippen LogP contribution >= 0.6 is 0 Å². The lowest BCUT2D eigenvalue weighted by Crippen LogP contribution is -2.58. The molecule has 0 spiro atoms. The normalized spacial score (nSPS) is 22.2. The van der Waals surface area contributed by atoms with E-state index >= 15 is 0 Å². The molecule has 0 heterocycles. The summed E-state index contributed by atoms with van der Waals surface area (Å²) in [7, 11) is 0. The molecule has 5 heteroatoms. The van der Waals surface area contributed by atoms with Crippen molar-refractivity contribution in [3.63, 3.8) is 0 Å². The number of carboxylic acid groups (broad SMARTS) is 1. The maximum Gasteiger partial charge on any atom is 0.329 e. The number of rotatable bonds is 6. The Morgan fingerprint density at radius 3 is 2.32 bits per heavy atom. The molecule has 2 saturated carbocycles. The molecule has 0 aromatic carbocycles. The van der Waals surface area contributed by atoms with Crippen LogP contribution in [0, 0.1) is 11.8 Å². The van der Waals surface area contributed by atoms with Crippen molar-refractivity contribution in [2.75, 3.05) is 13.1 Å². The van der Waals surface area contributed by atoms with Gasteiger partial charge >= 0.3 is 12.0 Å². The van der Waals surface area contributed by atoms with Crippen molar-refractivity contribution >= 4 is 12.0 Å². The van der Waals surface area contributed by atoms with E-state index in [1.54, 1.807) is 11.8 Å². The topological polar surface area (TPSA) is 69.6 Å². The molecule has 0 bridgehead atoms. The molecule has 0 aliphatic heterocycles. The average Bonchev–Trinajstić information content (AvgIpc) is 3.11. The molecule has 19 heavy (non-hydrogen) atoms. The SMILES string of the molecule is CCN(CC1CCC1)C(=O)NC(C)(C(=O)O)C1CC1. The zero-order chi connectivity index (χ0) is 14.0. The fourth-order valence-corrected chi connectivity index (χ4v) is 2.63. The Morgan fingerprint density at radius 1 is 1.32 bits per heavy atom. The third-order valence-electron chi connectivity index (χ3n) is 4.58. The van der Waals surface area contributed by atoms with Crippen molar-refractivity contribution in [2.45, 2.75) is 51.5 Å². The Morgan fingerprint density at radius 2 is 1.95 bits per heavy atom. The summed E-state index contributed by atoms with van der Waals surface area (Å²) in [6.45, 7) is 4.95. The van der Waals surface area contributed by atoms with Gasteiger partial charge < -0.3 is 15.3 Å². The first-order chi connectivity index (χ1) is 8.97. The average molecular weight is 268 g/mol. The minimum absolute atomic E-state index is 0.0800. The second-order valence-corrected chi connectivity index (χ2v) is 6.05. The summed E-state index contributed by atoms with van der Waals surface area (Å²) in [6, 6.07) is -0.230. The maximum atomic E-state index is 12.3. The van der Waals surface area contributed by atoms with Gasteiger partial charge in [0.15, 0.2) is 0 Å². The molecule has 0 aromatic heterocycles. The van der Waals surface area contributed by atoms with Crippen molar-refractivity contribution in [3.05, 3.63) is 0 Å². The number of nitrogens with one attached hydrogen (secondary N) is 1. The van der Waals surface area contributed by atoms with E-state index in [0.717, 1.165) is 19.4 Å². The van der Waals surface area contributed by atoms with E-state index in [1.165, 1.54) is 19.3 Å². The lowest BCUT2D eigenvalue weighted by atomic mass is 9.85. The maximum absolute atomic E-state index is 12.3. The zero-order valence-electron chi connectivity index (χ0n) is 11.8. The second-order valence-electron chi connectivity index (χ2n) is 6.05. The largest absolute Gasteiger partial charge is 0.480 e. The zero-order valence-corrected chi connectivity index (χ0v) is 11.8. The van der Waals surface area contributed by atoms with E-state index in [1.807, 2.05) is 6.92 Å². The van der Waals surface area contributed by atoms with Gasteiger partial charge in [-0.25, -0.2) is 9.59 Å². The Kier molecular flexibility index (Phi) is 4.02. The minimum Gasteiger partial charge on any atom is -0.480 e. The van der Waals surface area contributed by atoms with Crippen LogP contribution in [0.1, 0.15) is 46.0 Å². The highest BCUT2D eigenvalue weighted by Gasteiger charge is 2.49. The van der Waals surface area contributed by atoms with Crippen molar-refractivity contribution in [1.29, 1.82) is 0 Å². The molecule has 5 nitrogen and oxygen atoms in total. The molecule has 2 fully saturated rings. The molecule has 2 N–H and O–H groups in total. The van der Waals surface area contributed by atoms with E-state index in [2.05, 4.69) is 5.32 Å². The van der Waals surface area contributed by atoms with Gasteiger partial charge in [-0.2, -0.15) is 0 Å². The van der Waals surface area contributed by atoms with Crippen LogP contribution in [0.25, 0.3) is 0 Å². The quantitative estimate of drug-likeness (QED) is 0.774. The molecule has 0 aromatic rings. The number of nitrogens with zero attached hydrogens (tertiary/aromatic N) is 1. The van der Waals surface area contributed by atoms with Crippen LogP contribution in [0.5, 0.6) is 0 Å². The fourth-order valence-electron chi connectivity index (χ4n) is 2.63. The van der Waals surface area contributed by atoms with Gasteiger partial charge in [-0.1, -0.05) is 6.42 Å². The van der Waals surface area contributed by atoms with Gasteiger partial charge in [-0.3, -0.25) is 0 Å². The van der Waals surface area contributed by atoms with E-state index in [9.17, 15) is 14.7 Å². The molecule has 2 aliphatic rings. The molecule has 1 unspecified atom stereocenters. The number of carbonyl (C=O) groups excluding carboxylic acids is 1. The number of urea groups is 1. The highest BCUT2D eigenvalue weighted by Crippen LogP contribution is 2.39. The smallest absolute Gasteiger partial charge is 0.329 e. The number of aliphatic carboxylic acids is 1. The highest BCUT2D eigenvalue weighted by molar-refractivity contribution is 5.86. The Bertz CT molecular complexity index is 364.